The lowest BCUT2D eigenvalue weighted by atomic mass is 9.81. The fraction of sp³-hybridized carbons (Fsp3) is 0.538. The number of aliphatic hydroxyl groups is 5. The zero-order valence-corrected chi connectivity index (χ0v) is 21.2. The maximum atomic E-state index is 12.7. The van der Waals surface area contributed by atoms with Crippen LogP contribution in [0, 0.1) is 5.92 Å². The molecule has 1 saturated carbocycles. The van der Waals surface area contributed by atoms with Crippen molar-refractivity contribution >= 4 is 18.0 Å². The van der Waals surface area contributed by atoms with E-state index in [2.05, 4.69) is 0 Å². The molecular weight excluding hydrogens is 520 g/mol. The van der Waals surface area contributed by atoms with Crippen molar-refractivity contribution in [2.45, 2.75) is 74.6 Å². The number of phenolic OH excluding ortho intramolecular Hbond substituents is 1. The molecular formula is C26H32O13. The first-order valence-electron chi connectivity index (χ1n) is 12.3. The number of aliphatic hydroxyl groups excluding tert-OH is 4. The molecule has 10 atom stereocenters. The number of benzene rings is 1. The first-order chi connectivity index (χ1) is 18.4. The zero-order valence-electron chi connectivity index (χ0n) is 21.2. The summed E-state index contributed by atoms with van der Waals surface area (Å²) in [6, 6.07) is 6.06. The highest BCUT2D eigenvalue weighted by Crippen LogP contribution is 2.52. The van der Waals surface area contributed by atoms with Crippen LogP contribution in [0.15, 0.2) is 42.7 Å². The third kappa shape index (κ3) is 5.79. The third-order valence-corrected chi connectivity index (χ3v) is 7.14. The molecule has 1 saturated heterocycles. The number of ether oxygens (including phenoxy) is 5. The fourth-order valence-corrected chi connectivity index (χ4v) is 5.29. The second-order valence-electron chi connectivity index (χ2n) is 9.97. The van der Waals surface area contributed by atoms with Crippen LogP contribution in [0.5, 0.6) is 5.75 Å². The molecule has 13 heteroatoms. The molecule has 0 unspecified atom stereocenters. The summed E-state index contributed by atoms with van der Waals surface area (Å²) in [5, 5.41) is 61.2. The number of rotatable bonds is 7. The van der Waals surface area contributed by atoms with Gasteiger partial charge in [0.05, 0.1) is 18.8 Å². The highest BCUT2D eigenvalue weighted by atomic mass is 16.8. The van der Waals surface area contributed by atoms with Crippen LogP contribution in [0.1, 0.15) is 25.8 Å². The van der Waals surface area contributed by atoms with Gasteiger partial charge in [-0.15, -0.1) is 0 Å². The van der Waals surface area contributed by atoms with E-state index in [0.29, 0.717) is 5.56 Å². The maximum absolute atomic E-state index is 12.7. The molecule has 1 aliphatic carbocycles. The van der Waals surface area contributed by atoms with E-state index >= 15 is 0 Å². The smallest absolute Gasteiger partial charge is 0.331 e. The molecule has 2 heterocycles. The van der Waals surface area contributed by atoms with Gasteiger partial charge in [0.1, 0.15) is 47.5 Å². The Labute approximate surface area is 223 Å². The van der Waals surface area contributed by atoms with Crippen LogP contribution in [0.3, 0.4) is 0 Å². The quantitative estimate of drug-likeness (QED) is 0.179. The number of carbonyl (C=O) groups excluding carboxylic acids is 2. The molecule has 0 aromatic heterocycles. The molecule has 2 aliphatic heterocycles. The minimum absolute atomic E-state index is 0.0606. The summed E-state index contributed by atoms with van der Waals surface area (Å²) < 4.78 is 27.8. The van der Waals surface area contributed by atoms with Crippen molar-refractivity contribution in [2.24, 2.45) is 5.92 Å². The highest BCUT2D eigenvalue weighted by molar-refractivity contribution is 5.87. The average Bonchev–Trinajstić information content (AvgIpc) is 3.09. The largest absolute Gasteiger partial charge is 0.508 e. The third-order valence-electron chi connectivity index (χ3n) is 7.14. The van der Waals surface area contributed by atoms with Gasteiger partial charge in [0.2, 0.25) is 6.29 Å². The van der Waals surface area contributed by atoms with Gasteiger partial charge in [0.25, 0.3) is 0 Å². The SMILES string of the molecule is CC(=O)O[C@]1(C)C[C@H](OC(=O)C=Cc2ccc(O)cc2)[C@]2(O)C=CO[C@H](O[C@H]3O[C@@H](CO)[C@H](O)[C@H](O)[C@@H]3O)[C@@H]21. The topological polar surface area (TPSA) is 202 Å². The Hall–Kier alpha value is -3.04. The summed E-state index contributed by atoms with van der Waals surface area (Å²) in [6.45, 7) is 1.97. The summed E-state index contributed by atoms with van der Waals surface area (Å²) in [7, 11) is 0. The molecule has 3 aliphatic rings. The van der Waals surface area contributed by atoms with E-state index < -0.39 is 78.8 Å². The van der Waals surface area contributed by atoms with Crippen LogP contribution in [0.2, 0.25) is 0 Å². The number of phenols is 1. The van der Waals surface area contributed by atoms with Gasteiger partial charge >= 0.3 is 11.9 Å². The summed E-state index contributed by atoms with van der Waals surface area (Å²) >= 11 is 0. The van der Waals surface area contributed by atoms with Crippen molar-refractivity contribution in [3.63, 3.8) is 0 Å². The van der Waals surface area contributed by atoms with Crippen LogP contribution < -0.4 is 0 Å². The Morgan fingerprint density at radius 2 is 1.79 bits per heavy atom. The molecule has 39 heavy (non-hydrogen) atoms. The van der Waals surface area contributed by atoms with E-state index in [1.54, 1.807) is 12.1 Å². The Bertz CT molecular complexity index is 1100. The normalized spacial score (nSPS) is 39.7. The van der Waals surface area contributed by atoms with Crippen molar-refractivity contribution in [3.8, 4) is 5.75 Å². The van der Waals surface area contributed by atoms with E-state index in [1.165, 1.54) is 31.2 Å². The van der Waals surface area contributed by atoms with Gasteiger partial charge in [0, 0.05) is 19.4 Å². The average molecular weight is 553 g/mol. The molecule has 2 fully saturated rings. The molecule has 214 valence electrons. The molecule has 0 bridgehead atoms. The Morgan fingerprint density at radius 1 is 1.10 bits per heavy atom. The monoisotopic (exact) mass is 552 g/mol. The summed E-state index contributed by atoms with van der Waals surface area (Å²) in [6.07, 6.45) is -5.90. The van der Waals surface area contributed by atoms with Crippen LogP contribution >= 0.6 is 0 Å². The Balaban J connectivity index is 1.57. The number of aromatic hydroxyl groups is 1. The highest BCUT2D eigenvalue weighted by Gasteiger charge is 2.68. The first kappa shape index (κ1) is 29.0. The lowest BCUT2D eigenvalue weighted by Crippen LogP contribution is -2.62. The molecule has 1 aromatic rings. The number of carbonyl (C=O) groups is 2. The van der Waals surface area contributed by atoms with Crippen molar-refractivity contribution in [2.75, 3.05) is 6.61 Å². The molecule has 0 amide bonds. The van der Waals surface area contributed by atoms with Crippen LogP contribution in [-0.4, -0.2) is 103 Å². The molecule has 0 spiro atoms. The minimum Gasteiger partial charge on any atom is -0.508 e. The van der Waals surface area contributed by atoms with Crippen LogP contribution in [0.25, 0.3) is 6.08 Å². The second kappa shape index (κ2) is 11.2. The van der Waals surface area contributed by atoms with Gasteiger partial charge in [-0.05, 0) is 36.8 Å². The first-order valence-corrected chi connectivity index (χ1v) is 12.3. The molecule has 1 aromatic carbocycles. The lowest BCUT2D eigenvalue weighted by Gasteiger charge is -2.46. The van der Waals surface area contributed by atoms with E-state index in [9.17, 15) is 40.2 Å². The molecule has 0 radical (unpaired) electrons. The molecule has 4 rings (SSSR count). The van der Waals surface area contributed by atoms with E-state index in [1.807, 2.05) is 0 Å². The van der Waals surface area contributed by atoms with Gasteiger partial charge in [-0.25, -0.2) is 4.79 Å². The summed E-state index contributed by atoms with van der Waals surface area (Å²) in [4.78, 5) is 24.7. The van der Waals surface area contributed by atoms with Crippen molar-refractivity contribution in [3.05, 3.63) is 48.2 Å². The lowest BCUT2D eigenvalue weighted by molar-refractivity contribution is -0.351. The standard InChI is InChI=1S/C26H32O13/c1-13(28)39-25(2)11-17(37-18(30)8-5-14-3-6-15(29)7-4-14)26(34)9-10-35-24(22(25)26)38-23-21(33)20(32)19(31)16(12-27)36-23/h3-10,16-17,19-24,27,29,31-34H,11-12H2,1-2H3/t16-,17-,19-,20-,21-,22+,23+,24+,25+,26+/m0/s1. The fourth-order valence-electron chi connectivity index (χ4n) is 5.29. The molecule has 13 nitrogen and oxygen atoms in total. The van der Waals surface area contributed by atoms with Crippen LogP contribution in [-0.2, 0) is 33.3 Å². The van der Waals surface area contributed by atoms with E-state index in [-0.39, 0.29) is 12.2 Å². The van der Waals surface area contributed by atoms with Gasteiger partial charge in [-0.2, -0.15) is 0 Å². The van der Waals surface area contributed by atoms with Crippen LogP contribution in [0.4, 0.5) is 0 Å². The van der Waals surface area contributed by atoms with Gasteiger partial charge in [-0.1, -0.05) is 12.1 Å². The predicted octanol–water partition coefficient (Wildman–Crippen LogP) is -0.923. The maximum Gasteiger partial charge on any atom is 0.331 e. The van der Waals surface area contributed by atoms with E-state index in [0.717, 1.165) is 19.3 Å². The Morgan fingerprint density at radius 3 is 2.44 bits per heavy atom. The summed E-state index contributed by atoms with van der Waals surface area (Å²) in [5.74, 6) is -2.66. The molecule has 6 N–H and O–H groups in total. The summed E-state index contributed by atoms with van der Waals surface area (Å²) in [5.41, 5.74) is -2.87. The van der Waals surface area contributed by atoms with Gasteiger partial charge < -0.3 is 54.3 Å². The second-order valence-corrected chi connectivity index (χ2v) is 9.97. The van der Waals surface area contributed by atoms with Crippen molar-refractivity contribution in [1.82, 2.24) is 0 Å². The number of hydrogen-bond acceptors (Lipinski definition) is 13. The van der Waals surface area contributed by atoms with Crippen molar-refractivity contribution < 1.29 is 63.9 Å². The minimum atomic E-state index is -1.97. The van der Waals surface area contributed by atoms with Gasteiger partial charge in [-0.3, -0.25) is 4.79 Å². The number of hydrogen-bond donors (Lipinski definition) is 6. The Kier molecular flexibility index (Phi) is 8.33. The zero-order chi connectivity index (χ0) is 28.5. The van der Waals surface area contributed by atoms with Gasteiger partial charge in [0.15, 0.2) is 6.29 Å². The predicted molar refractivity (Wildman–Crippen MR) is 129 cm³/mol. The number of esters is 2. The van der Waals surface area contributed by atoms with Crippen molar-refractivity contribution in [1.29, 1.82) is 0 Å². The number of fused-ring (bicyclic) bond motifs is 1. The van der Waals surface area contributed by atoms with E-state index in [4.69, 9.17) is 23.7 Å².